The highest BCUT2D eigenvalue weighted by molar-refractivity contribution is 7.51. The molecular formula is C32H70NO3P. The van der Waals surface area contributed by atoms with Gasteiger partial charge in [-0.3, -0.25) is 0 Å². The first-order valence-electron chi connectivity index (χ1n) is 16.7. The molecule has 0 aliphatic heterocycles. The quantitative estimate of drug-likeness (QED) is 0.0749. The van der Waals surface area contributed by atoms with Crippen molar-refractivity contribution in [1.29, 1.82) is 0 Å². The SMILES string of the molecule is CCCCCCCCCCCCCCCCCCP(=O)([O-])OC.CCCCCCCCCCCC[NH2+]C. The van der Waals surface area contributed by atoms with E-state index in [1.54, 1.807) is 0 Å². The summed E-state index contributed by atoms with van der Waals surface area (Å²) in [5, 5.41) is 2.28. The van der Waals surface area contributed by atoms with Gasteiger partial charge in [0.15, 0.2) is 0 Å². The smallest absolute Gasteiger partial charge is 0.134 e. The zero-order chi connectivity index (χ0) is 27.7. The molecule has 0 aromatic carbocycles. The van der Waals surface area contributed by atoms with E-state index < -0.39 is 7.60 Å². The average molecular weight is 548 g/mol. The van der Waals surface area contributed by atoms with Crippen LogP contribution in [-0.2, 0) is 9.09 Å². The van der Waals surface area contributed by atoms with E-state index in [2.05, 4.69) is 30.7 Å². The molecule has 0 aliphatic carbocycles. The van der Waals surface area contributed by atoms with E-state index in [-0.39, 0.29) is 6.16 Å². The second-order valence-electron chi connectivity index (χ2n) is 11.2. The molecule has 0 saturated carbocycles. The first-order valence-corrected chi connectivity index (χ1v) is 18.4. The van der Waals surface area contributed by atoms with Gasteiger partial charge >= 0.3 is 0 Å². The summed E-state index contributed by atoms with van der Waals surface area (Å²) in [7, 11) is -0.101. The zero-order valence-corrected chi connectivity index (χ0v) is 26.9. The number of hydrogen-bond donors (Lipinski definition) is 1. The molecule has 0 spiro atoms. The average Bonchev–Trinajstić information content (AvgIpc) is 2.90. The molecule has 2 N–H and O–H groups in total. The number of quaternary nitrogens is 1. The summed E-state index contributed by atoms with van der Waals surface area (Å²) in [4.78, 5) is 11.2. The van der Waals surface area contributed by atoms with Crippen molar-refractivity contribution in [3.05, 3.63) is 0 Å². The molecule has 0 fully saturated rings. The van der Waals surface area contributed by atoms with Crippen LogP contribution in [-0.4, -0.2) is 26.9 Å². The van der Waals surface area contributed by atoms with E-state index in [4.69, 9.17) is 0 Å². The normalized spacial score (nSPS) is 12.8. The Kier molecular flexibility index (Phi) is 36.2. The lowest BCUT2D eigenvalue weighted by molar-refractivity contribution is -0.627. The van der Waals surface area contributed by atoms with Crippen molar-refractivity contribution < 1.29 is 19.3 Å². The largest absolute Gasteiger partial charge is 0.779 e. The molecule has 0 radical (unpaired) electrons. The van der Waals surface area contributed by atoms with Crippen LogP contribution in [0, 0.1) is 0 Å². The molecule has 0 aromatic rings. The summed E-state index contributed by atoms with van der Waals surface area (Å²) in [5.74, 6) is 0. The molecule has 0 bridgehead atoms. The van der Waals surface area contributed by atoms with Crippen LogP contribution in [0.2, 0.25) is 0 Å². The van der Waals surface area contributed by atoms with Crippen molar-refractivity contribution in [2.24, 2.45) is 0 Å². The molecule has 1 atom stereocenters. The fourth-order valence-electron chi connectivity index (χ4n) is 4.78. The summed E-state index contributed by atoms with van der Waals surface area (Å²) in [6, 6.07) is 0. The van der Waals surface area contributed by atoms with Gasteiger partial charge in [-0.2, -0.15) is 0 Å². The van der Waals surface area contributed by atoms with Crippen molar-refractivity contribution in [1.82, 2.24) is 0 Å². The van der Waals surface area contributed by atoms with E-state index >= 15 is 0 Å². The lowest BCUT2D eigenvalue weighted by Gasteiger charge is -2.20. The molecular weight excluding hydrogens is 477 g/mol. The Balaban J connectivity index is 0. The topological polar surface area (TPSA) is 66.0 Å². The third-order valence-electron chi connectivity index (χ3n) is 7.41. The minimum Gasteiger partial charge on any atom is -0.779 e. The van der Waals surface area contributed by atoms with Gasteiger partial charge in [0, 0.05) is 13.3 Å². The maximum atomic E-state index is 11.2. The fourth-order valence-corrected chi connectivity index (χ4v) is 5.57. The van der Waals surface area contributed by atoms with E-state index in [1.807, 2.05) is 0 Å². The Morgan fingerprint density at radius 1 is 0.514 bits per heavy atom. The predicted molar refractivity (Wildman–Crippen MR) is 164 cm³/mol. The third kappa shape index (κ3) is 38.3. The van der Waals surface area contributed by atoms with E-state index in [1.165, 1.54) is 161 Å². The highest BCUT2D eigenvalue weighted by atomic mass is 31.2. The van der Waals surface area contributed by atoms with Crippen LogP contribution < -0.4 is 10.2 Å². The van der Waals surface area contributed by atoms with Gasteiger partial charge in [0.2, 0.25) is 0 Å². The molecule has 0 saturated heterocycles. The zero-order valence-electron chi connectivity index (χ0n) is 26.0. The molecule has 226 valence electrons. The van der Waals surface area contributed by atoms with Crippen LogP contribution in [0.3, 0.4) is 0 Å². The van der Waals surface area contributed by atoms with Crippen LogP contribution >= 0.6 is 7.60 Å². The van der Waals surface area contributed by atoms with Crippen molar-refractivity contribution in [2.75, 3.05) is 26.9 Å². The Labute approximate surface area is 234 Å². The highest BCUT2D eigenvalue weighted by Gasteiger charge is 2.04. The maximum Gasteiger partial charge on any atom is 0.134 e. The summed E-state index contributed by atoms with van der Waals surface area (Å²) < 4.78 is 15.6. The van der Waals surface area contributed by atoms with Gasteiger partial charge < -0.3 is 19.3 Å². The summed E-state index contributed by atoms with van der Waals surface area (Å²) >= 11 is 0. The fraction of sp³-hybridized carbons (Fsp3) is 1.00. The molecule has 4 nitrogen and oxygen atoms in total. The van der Waals surface area contributed by atoms with Gasteiger partial charge in [0.25, 0.3) is 0 Å². The number of unbranched alkanes of at least 4 members (excludes halogenated alkanes) is 24. The second-order valence-corrected chi connectivity index (χ2v) is 13.2. The van der Waals surface area contributed by atoms with Crippen molar-refractivity contribution in [2.45, 2.75) is 181 Å². The van der Waals surface area contributed by atoms with Gasteiger partial charge in [0.05, 0.1) is 13.6 Å². The van der Waals surface area contributed by atoms with E-state index in [9.17, 15) is 9.46 Å². The number of nitrogens with two attached hydrogens (primary N) is 1. The van der Waals surface area contributed by atoms with Crippen molar-refractivity contribution in [3.63, 3.8) is 0 Å². The molecule has 0 aliphatic rings. The van der Waals surface area contributed by atoms with Crippen LogP contribution in [0.15, 0.2) is 0 Å². The summed E-state index contributed by atoms with van der Waals surface area (Å²) in [6.45, 7) is 5.87. The lowest BCUT2D eigenvalue weighted by atomic mass is 10.0. The standard InChI is InChI=1S/C19H41O3P.C13H29N/c1-3-4-5-6-7-8-9-10-11-12-13-14-15-16-17-18-19-23(20,21)22-2;1-3-4-5-6-7-8-9-10-11-12-13-14-2/h3-19H2,1-2H3,(H,20,21);14H,3-13H2,1-2H3. The van der Waals surface area contributed by atoms with Gasteiger partial charge in [-0.15, -0.1) is 0 Å². The minimum absolute atomic E-state index is 0.196. The Morgan fingerprint density at radius 2 is 0.784 bits per heavy atom. The van der Waals surface area contributed by atoms with Crippen LogP contribution in [0.4, 0.5) is 0 Å². The monoisotopic (exact) mass is 548 g/mol. The Morgan fingerprint density at radius 3 is 1.05 bits per heavy atom. The van der Waals surface area contributed by atoms with E-state index in [0.717, 1.165) is 19.3 Å². The van der Waals surface area contributed by atoms with Crippen molar-refractivity contribution >= 4 is 7.60 Å². The van der Waals surface area contributed by atoms with Gasteiger partial charge in [0.1, 0.15) is 7.60 Å². The van der Waals surface area contributed by atoms with Crippen LogP contribution in [0.5, 0.6) is 0 Å². The third-order valence-corrected chi connectivity index (χ3v) is 8.83. The lowest BCUT2D eigenvalue weighted by Crippen LogP contribution is -2.79. The van der Waals surface area contributed by atoms with Gasteiger partial charge in [-0.1, -0.05) is 162 Å². The number of rotatable bonds is 29. The van der Waals surface area contributed by atoms with Crippen molar-refractivity contribution in [3.8, 4) is 0 Å². The summed E-state index contributed by atoms with van der Waals surface area (Å²) in [6.07, 6.45) is 35.5. The van der Waals surface area contributed by atoms with Gasteiger partial charge in [-0.25, -0.2) is 0 Å². The first-order chi connectivity index (χ1) is 18.0. The molecule has 0 aromatic heterocycles. The molecule has 1 unspecified atom stereocenters. The Bertz CT molecular complexity index is 436. The van der Waals surface area contributed by atoms with Gasteiger partial charge in [-0.05, 0) is 19.3 Å². The van der Waals surface area contributed by atoms with E-state index in [0.29, 0.717) is 0 Å². The highest BCUT2D eigenvalue weighted by Crippen LogP contribution is 2.36. The molecule has 0 rings (SSSR count). The molecule has 0 amide bonds. The predicted octanol–water partition coefficient (Wildman–Crippen LogP) is 9.55. The first kappa shape index (κ1) is 39.3. The maximum absolute atomic E-state index is 11.2. The van der Waals surface area contributed by atoms with Crippen LogP contribution in [0.25, 0.3) is 0 Å². The Hall–Kier alpha value is 0.110. The minimum atomic E-state index is -3.51. The number of hydrogen-bond acceptors (Lipinski definition) is 3. The van der Waals surface area contributed by atoms with Crippen LogP contribution in [0.1, 0.15) is 181 Å². The molecule has 0 heterocycles. The summed E-state index contributed by atoms with van der Waals surface area (Å²) in [5.41, 5.74) is 0. The second kappa shape index (κ2) is 34.1. The molecule has 37 heavy (non-hydrogen) atoms. The molecule has 5 heteroatoms.